The maximum atomic E-state index is 13.4. The predicted octanol–water partition coefficient (Wildman–Crippen LogP) is 8.09. The predicted molar refractivity (Wildman–Crippen MR) is 146 cm³/mol. The first-order chi connectivity index (χ1) is 16.0. The van der Waals surface area contributed by atoms with Crippen molar-refractivity contribution >= 4 is 19.5 Å². The van der Waals surface area contributed by atoms with Crippen LogP contribution in [0.3, 0.4) is 0 Å². The number of carbonyl (C=O) groups is 1. The minimum Gasteiger partial charge on any atom is -0.496 e. The van der Waals surface area contributed by atoms with Crippen LogP contribution in [0.15, 0.2) is 12.1 Å². The normalized spacial score (nSPS) is 17.5. The van der Waals surface area contributed by atoms with Crippen LogP contribution in [0.4, 0.5) is 0 Å². The molecule has 0 N–H and O–H groups in total. The van der Waals surface area contributed by atoms with Crippen molar-refractivity contribution in [2.45, 2.75) is 105 Å². The van der Waals surface area contributed by atoms with Crippen molar-refractivity contribution in [3.05, 3.63) is 34.4 Å². The molecule has 198 valence electrons. The Balaban J connectivity index is 2.69. The van der Waals surface area contributed by atoms with Crippen LogP contribution in [-0.4, -0.2) is 31.3 Å². The Hall–Kier alpha value is -1.42. The van der Waals surface area contributed by atoms with E-state index in [2.05, 4.69) is 47.6 Å². The van der Waals surface area contributed by atoms with Gasteiger partial charge in [0.1, 0.15) is 10.9 Å². The lowest BCUT2D eigenvalue weighted by Gasteiger charge is -2.39. The van der Waals surface area contributed by atoms with Gasteiger partial charge in [0.2, 0.25) is 0 Å². The molecule has 1 atom stereocenters. The van der Waals surface area contributed by atoms with E-state index < -0.39 is 12.8 Å². The van der Waals surface area contributed by atoms with Gasteiger partial charge in [-0.2, -0.15) is 0 Å². The van der Waals surface area contributed by atoms with Gasteiger partial charge in [-0.25, -0.2) is 0 Å². The number of allylic oxidation sites excluding steroid dienone is 1. The van der Waals surface area contributed by atoms with Gasteiger partial charge in [-0.1, -0.05) is 47.6 Å². The molecule has 0 amide bonds. The van der Waals surface area contributed by atoms with Crippen LogP contribution < -0.4 is 4.74 Å². The smallest absolute Gasteiger partial charge is 0.343 e. The van der Waals surface area contributed by atoms with Gasteiger partial charge in [0, 0.05) is 11.1 Å². The second-order valence-corrected chi connectivity index (χ2v) is 14.7. The van der Waals surface area contributed by atoms with Crippen molar-refractivity contribution in [2.75, 3.05) is 20.3 Å². The third-order valence-electron chi connectivity index (χ3n) is 7.09. The second kappa shape index (κ2) is 10.9. The first-order valence-corrected chi connectivity index (χ1v) is 14.4. The molecule has 0 aromatic heterocycles. The van der Waals surface area contributed by atoms with Crippen LogP contribution in [0.25, 0.3) is 6.08 Å². The van der Waals surface area contributed by atoms with Gasteiger partial charge in [-0.15, -0.1) is 0 Å². The van der Waals surface area contributed by atoms with E-state index in [1.807, 2.05) is 6.08 Å². The minimum atomic E-state index is -3.62. The zero-order valence-corrected chi connectivity index (χ0v) is 24.7. The van der Waals surface area contributed by atoms with E-state index in [4.69, 9.17) is 13.8 Å². The summed E-state index contributed by atoms with van der Waals surface area (Å²) in [7, 11) is -1.86. The Morgan fingerprint density at radius 1 is 1.06 bits per heavy atom. The second-order valence-electron chi connectivity index (χ2n) is 12.1. The van der Waals surface area contributed by atoms with E-state index >= 15 is 0 Å². The molecule has 1 unspecified atom stereocenters. The number of carbonyl (C=O) groups excluding carboxylic acids is 1. The van der Waals surface area contributed by atoms with Gasteiger partial charge in [-0.3, -0.25) is 9.36 Å². The maximum Gasteiger partial charge on any atom is 0.343 e. The number of ketones is 1. The number of benzene rings is 1. The van der Waals surface area contributed by atoms with Crippen LogP contribution in [0.1, 0.15) is 110 Å². The first-order valence-electron chi connectivity index (χ1n) is 12.9. The largest absolute Gasteiger partial charge is 0.496 e. The fourth-order valence-corrected chi connectivity index (χ4v) is 6.76. The van der Waals surface area contributed by atoms with Crippen molar-refractivity contribution in [3.8, 4) is 5.75 Å². The molecule has 0 spiro atoms. The molecule has 0 saturated carbocycles. The highest BCUT2D eigenvalue weighted by Gasteiger charge is 2.48. The molecule has 0 saturated heterocycles. The lowest BCUT2D eigenvalue weighted by atomic mass is 9.66. The van der Waals surface area contributed by atoms with Gasteiger partial charge in [0.05, 0.1) is 20.3 Å². The number of hydrogen-bond acceptors (Lipinski definition) is 5. The molecule has 6 heteroatoms. The van der Waals surface area contributed by atoms with Crippen molar-refractivity contribution in [1.29, 1.82) is 0 Å². The van der Waals surface area contributed by atoms with Crippen molar-refractivity contribution < 1.29 is 23.1 Å². The van der Waals surface area contributed by atoms with Gasteiger partial charge in [0.25, 0.3) is 0 Å². The molecule has 0 radical (unpaired) electrons. The van der Waals surface area contributed by atoms with Crippen LogP contribution >= 0.6 is 7.60 Å². The summed E-state index contributed by atoms with van der Waals surface area (Å²) in [5, 5.41) is -1.29. The van der Waals surface area contributed by atoms with E-state index in [1.165, 1.54) is 11.1 Å². The van der Waals surface area contributed by atoms with Gasteiger partial charge < -0.3 is 13.8 Å². The van der Waals surface area contributed by atoms with E-state index in [9.17, 15) is 9.36 Å². The topological polar surface area (TPSA) is 61.8 Å². The Morgan fingerprint density at radius 3 is 2.09 bits per heavy atom. The van der Waals surface area contributed by atoms with Gasteiger partial charge in [0.15, 0.2) is 5.78 Å². The lowest BCUT2D eigenvalue weighted by Crippen LogP contribution is -2.32. The monoisotopic (exact) mass is 506 g/mol. The summed E-state index contributed by atoms with van der Waals surface area (Å²) in [6, 6.07) is 2.17. The molecule has 0 aliphatic heterocycles. The third kappa shape index (κ3) is 6.12. The Labute approximate surface area is 213 Å². The summed E-state index contributed by atoms with van der Waals surface area (Å²) in [6.45, 7) is 20.7. The standard InChI is InChI=1S/C29H47O5P/c1-12-33-35(31,34-13-2)29(9,10)24(30)18-17-20-19-23(28(6,7)8)26(32-11)25-21(20)15-14-16-22(25)27(3,4)5/h17-19,22H,12-16H2,1-11H3/b18-17+. The van der Waals surface area contributed by atoms with E-state index in [0.29, 0.717) is 5.92 Å². The van der Waals surface area contributed by atoms with Gasteiger partial charge >= 0.3 is 7.60 Å². The highest BCUT2D eigenvalue weighted by molar-refractivity contribution is 7.56. The molecule has 35 heavy (non-hydrogen) atoms. The van der Waals surface area contributed by atoms with Crippen LogP contribution in [0.5, 0.6) is 5.75 Å². The molecule has 5 nitrogen and oxygen atoms in total. The van der Waals surface area contributed by atoms with Crippen LogP contribution in [-0.2, 0) is 30.2 Å². The molecule has 1 aromatic rings. The number of ether oxygens (including phenoxy) is 1. The van der Waals surface area contributed by atoms with E-state index in [-0.39, 0.29) is 29.8 Å². The highest BCUT2D eigenvalue weighted by Crippen LogP contribution is 2.60. The number of hydrogen-bond donors (Lipinski definition) is 0. The lowest BCUT2D eigenvalue weighted by molar-refractivity contribution is -0.116. The fourth-order valence-electron chi connectivity index (χ4n) is 5.02. The average molecular weight is 507 g/mol. The molecule has 1 aliphatic carbocycles. The van der Waals surface area contributed by atoms with Crippen LogP contribution in [0.2, 0.25) is 0 Å². The third-order valence-corrected chi connectivity index (χ3v) is 9.87. The van der Waals surface area contributed by atoms with E-state index in [1.54, 1.807) is 40.9 Å². The number of fused-ring (bicyclic) bond motifs is 1. The molecule has 0 bridgehead atoms. The molecule has 0 heterocycles. The number of rotatable bonds is 9. The summed E-state index contributed by atoms with van der Waals surface area (Å²) in [5.74, 6) is 1.07. The Kier molecular flexibility index (Phi) is 9.29. The first kappa shape index (κ1) is 29.8. The van der Waals surface area contributed by atoms with E-state index in [0.717, 1.165) is 36.1 Å². The highest BCUT2D eigenvalue weighted by atomic mass is 31.2. The zero-order chi connectivity index (χ0) is 26.8. The SMILES string of the molecule is CCOP(=O)(OCC)C(C)(C)C(=O)/C=C/c1cc(C(C)(C)C)c(OC)c2c1CCCC2C(C)(C)C. The molecule has 1 aliphatic rings. The molecule has 0 fully saturated rings. The fraction of sp³-hybridized carbons (Fsp3) is 0.690. The summed E-state index contributed by atoms with van der Waals surface area (Å²) in [5.41, 5.74) is 4.65. The number of methoxy groups -OCH3 is 1. The molecule has 2 rings (SSSR count). The minimum absolute atomic E-state index is 0.0827. The summed E-state index contributed by atoms with van der Waals surface area (Å²) < 4.78 is 30.5. The Bertz CT molecular complexity index is 982. The summed E-state index contributed by atoms with van der Waals surface area (Å²) in [4.78, 5) is 13.4. The molecular formula is C29H47O5P. The zero-order valence-electron chi connectivity index (χ0n) is 23.8. The van der Waals surface area contributed by atoms with Crippen molar-refractivity contribution in [3.63, 3.8) is 0 Å². The van der Waals surface area contributed by atoms with Crippen LogP contribution in [0, 0.1) is 5.41 Å². The van der Waals surface area contributed by atoms with Crippen molar-refractivity contribution in [1.82, 2.24) is 0 Å². The maximum absolute atomic E-state index is 13.4. The Morgan fingerprint density at radius 2 is 1.63 bits per heavy atom. The van der Waals surface area contributed by atoms with Gasteiger partial charge in [-0.05, 0) is 87.0 Å². The average Bonchev–Trinajstić information content (AvgIpc) is 2.75. The quantitative estimate of drug-likeness (QED) is 0.250. The summed E-state index contributed by atoms with van der Waals surface area (Å²) in [6.07, 6.45) is 6.60. The molecular weight excluding hydrogens is 459 g/mol. The summed E-state index contributed by atoms with van der Waals surface area (Å²) >= 11 is 0. The molecule has 1 aromatic carbocycles. The van der Waals surface area contributed by atoms with Crippen molar-refractivity contribution in [2.24, 2.45) is 5.41 Å².